The molecule has 1 aliphatic carbocycles. The number of rotatable bonds is 1. The third kappa shape index (κ3) is 2.51. The van der Waals surface area contributed by atoms with Gasteiger partial charge >= 0.3 is 5.69 Å². The van der Waals surface area contributed by atoms with Crippen molar-refractivity contribution in [2.75, 3.05) is 19.7 Å². The fraction of sp³-hybridized carbons (Fsp3) is 0.812. The van der Waals surface area contributed by atoms with Crippen molar-refractivity contribution in [1.82, 2.24) is 19.2 Å². The SMILES string of the molecule is Cn1nc2n(c1=O)C[C@H](C(=O)N1CCOC3(CCCC3)C1)CC2. The van der Waals surface area contributed by atoms with Gasteiger partial charge in [0.2, 0.25) is 5.91 Å². The molecule has 2 aliphatic heterocycles. The highest BCUT2D eigenvalue weighted by Gasteiger charge is 2.42. The van der Waals surface area contributed by atoms with Crippen molar-refractivity contribution in [3.8, 4) is 0 Å². The van der Waals surface area contributed by atoms with Crippen LogP contribution in [0.4, 0.5) is 0 Å². The fourth-order valence-corrected chi connectivity index (χ4v) is 4.35. The molecule has 0 radical (unpaired) electrons. The number of nitrogens with zero attached hydrogens (tertiary/aromatic N) is 4. The first-order chi connectivity index (χ1) is 11.1. The third-order valence-electron chi connectivity index (χ3n) is 5.63. The largest absolute Gasteiger partial charge is 0.371 e. The average molecular weight is 320 g/mol. The Bertz CT molecular complexity index is 671. The quantitative estimate of drug-likeness (QED) is 0.747. The molecular weight excluding hydrogens is 296 g/mol. The van der Waals surface area contributed by atoms with Crippen molar-refractivity contribution in [3.63, 3.8) is 0 Å². The van der Waals surface area contributed by atoms with Crippen LogP contribution in [0.25, 0.3) is 0 Å². The minimum absolute atomic E-state index is 0.0983. The lowest BCUT2D eigenvalue weighted by molar-refractivity contribution is -0.154. The van der Waals surface area contributed by atoms with Gasteiger partial charge in [0, 0.05) is 33.1 Å². The summed E-state index contributed by atoms with van der Waals surface area (Å²) in [6.45, 7) is 2.49. The van der Waals surface area contributed by atoms with E-state index < -0.39 is 0 Å². The van der Waals surface area contributed by atoms with Gasteiger partial charge < -0.3 is 9.64 Å². The molecule has 3 aliphatic rings. The van der Waals surface area contributed by atoms with Gasteiger partial charge in [-0.2, -0.15) is 5.10 Å². The minimum atomic E-state index is -0.119. The Labute approximate surface area is 135 Å². The lowest BCUT2D eigenvalue weighted by atomic mass is 9.95. The van der Waals surface area contributed by atoms with Gasteiger partial charge in [0.15, 0.2) is 0 Å². The number of amides is 1. The summed E-state index contributed by atoms with van der Waals surface area (Å²) in [4.78, 5) is 27.0. The van der Waals surface area contributed by atoms with E-state index in [4.69, 9.17) is 4.74 Å². The second-order valence-corrected chi connectivity index (χ2v) is 7.17. The highest BCUT2D eigenvalue weighted by atomic mass is 16.5. The average Bonchev–Trinajstić information content (AvgIpc) is 3.12. The van der Waals surface area contributed by atoms with Gasteiger partial charge in [-0.25, -0.2) is 9.48 Å². The lowest BCUT2D eigenvalue weighted by Crippen LogP contribution is -2.54. The van der Waals surface area contributed by atoms with Crippen LogP contribution < -0.4 is 5.69 Å². The van der Waals surface area contributed by atoms with Gasteiger partial charge in [0.1, 0.15) is 5.82 Å². The number of hydrogen-bond acceptors (Lipinski definition) is 4. The second kappa shape index (κ2) is 5.47. The number of ether oxygens (including phenoxy) is 1. The first kappa shape index (κ1) is 14.9. The van der Waals surface area contributed by atoms with E-state index in [0.29, 0.717) is 26.1 Å². The normalized spacial score (nSPS) is 26.5. The summed E-state index contributed by atoms with van der Waals surface area (Å²) in [5.74, 6) is 0.873. The first-order valence-electron chi connectivity index (χ1n) is 8.63. The highest BCUT2D eigenvalue weighted by Crippen LogP contribution is 2.36. The highest BCUT2D eigenvalue weighted by molar-refractivity contribution is 5.79. The minimum Gasteiger partial charge on any atom is -0.371 e. The Morgan fingerprint density at radius 1 is 1.35 bits per heavy atom. The summed E-state index contributed by atoms with van der Waals surface area (Å²) >= 11 is 0. The van der Waals surface area contributed by atoms with Crippen LogP contribution in [0.3, 0.4) is 0 Å². The molecule has 0 bridgehead atoms. The van der Waals surface area contributed by atoms with Crippen molar-refractivity contribution in [3.05, 3.63) is 16.3 Å². The Morgan fingerprint density at radius 2 is 2.13 bits per heavy atom. The smallest absolute Gasteiger partial charge is 0.345 e. The molecule has 1 aromatic rings. The number of aromatic nitrogens is 3. The Morgan fingerprint density at radius 3 is 2.91 bits per heavy atom. The molecule has 1 aromatic heterocycles. The standard InChI is InChI=1S/C16H24N4O3/c1-18-15(22)20-10-12(4-5-13(20)17-18)14(21)19-8-9-23-16(11-19)6-2-3-7-16/h12H,2-11H2,1H3/t12-/m1/s1. The first-order valence-corrected chi connectivity index (χ1v) is 8.63. The summed E-state index contributed by atoms with van der Waals surface area (Å²) in [5.41, 5.74) is -0.217. The van der Waals surface area contributed by atoms with Gasteiger partial charge in [-0.15, -0.1) is 0 Å². The number of carbonyl (C=O) groups is 1. The molecule has 126 valence electrons. The van der Waals surface area contributed by atoms with Crippen LogP contribution in [-0.4, -0.2) is 50.5 Å². The molecule has 23 heavy (non-hydrogen) atoms. The number of morpholine rings is 1. The molecule has 1 saturated heterocycles. The van der Waals surface area contributed by atoms with Crippen LogP contribution in [0.15, 0.2) is 4.79 Å². The maximum Gasteiger partial charge on any atom is 0.345 e. The van der Waals surface area contributed by atoms with Crippen LogP contribution >= 0.6 is 0 Å². The molecule has 7 nitrogen and oxygen atoms in total. The number of hydrogen-bond donors (Lipinski definition) is 0. The molecular formula is C16H24N4O3. The number of aryl methyl sites for hydroxylation is 2. The molecule has 3 heterocycles. The summed E-state index contributed by atoms with van der Waals surface area (Å²) in [6, 6.07) is 0. The van der Waals surface area contributed by atoms with E-state index in [9.17, 15) is 9.59 Å². The van der Waals surface area contributed by atoms with Gasteiger partial charge in [0.25, 0.3) is 0 Å². The van der Waals surface area contributed by atoms with Gasteiger partial charge in [0.05, 0.1) is 18.1 Å². The number of fused-ring (bicyclic) bond motifs is 1. The lowest BCUT2D eigenvalue weighted by Gasteiger charge is -2.42. The van der Waals surface area contributed by atoms with Crippen LogP contribution in [0.1, 0.15) is 37.9 Å². The van der Waals surface area contributed by atoms with Crippen molar-refractivity contribution in [1.29, 1.82) is 0 Å². The topological polar surface area (TPSA) is 69.4 Å². The summed E-state index contributed by atoms with van der Waals surface area (Å²) in [7, 11) is 1.66. The molecule has 7 heteroatoms. The van der Waals surface area contributed by atoms with E-state index in [1.807, 2.05) is 4.90 Å². The summed E-state index contributed by atoms with van der Waals surface area (Å²) in [6.07, 6.45) is 5.99. The number of carbonyl (C=O) groups excluding carboxylic acids is 1. The van der Waals surface area contributed by atoms with E-state index in [0.717, 1.165) is 31.6 Å². The summed E-state index contributed by atoms with van der Waals surface area (Å²) < 4.78 is 9.04. The third-order valence-corrected chi connectivity index (χ3v) is 5.63. The van der Waals surface area contributed by atoms with Gasteiger partial charge in [-0.3, -0.25) is 9.36 Å². The van der Waals surface area contributed by atoms with Crippen molar-refractivity contribution < 1.29 is 9.53 Å². The fourth-order valence-electron chi connectivity index (χ4n) is 4.35. The van der Waals surface area contributed by atoms with Crippen molar-refractivity contribution in [2.24, 2.45) is 13.0 Å². The zero-order valence-electron chi connectivity index (χ0n) is 13.7. The molecule has 0 aromatic carbocycles. The van der Waals surface area contributed by atoms with Crippen LogP contribution in [0.2, 0.25) is 0 Å². The Kier molecular flexibility index (Phi) is 3.55. The Hall–Kier alpha value is -1.63. The molecule has 0 unspecified atom stereocenters. The second-order valence-electron chi connectivity index (χ2n) is 7.17. The zero-order valence-corrected chi connectivity index (χ0v) is 13.7. The van der Waals surface area contributed by atoms with Crippen molar-refractivity contribution >= 4 is 5.91 Å². The molecule has 1 saturated carbocycles. The molecule has 4 rings (SSSR count). The predicted molar refractivity (Wildman–Crippen MR) is 83.0 cm³/mol. The molecule has 1 amide bonds. The monoisotopic (exact) mass is 320 g/mol. The van der Waals surface area contributed by atoms with E-state index in [1.165, 1.54) is 17.5 Å². The van der Waals surface area contributed by atoms with Gasteiger partial charge in [-0.05, 0) is 19.3 Å². The Balaban J connectivity index is 1.49. The maximum atomic E-state index is 12.9. The molecule has 2 fully saturated rings. The zero-order chi connectivity index (χ0) is 16.0. The van der Waals surface area contributed by atoms with Crippen LogP contribution in [0.5, 0.6) is 0 Å². The van der Waals surface area contributed by atoms with Gasteiger partial charge in [-0.1, -0.05) is 12.8 Å². The van der Waals surface area contributed by atoms with Crippen LogP contribution in [0, 0.1) is 5.92 Å². The van der Waals surface area contributed by atoms with E-state index in [1.54, 1.807) is 11.6 Å². The maximum absolute atomic E-state index is 12.9. The molecule has 1 atom stereocenters. The molecule has 1 spiro atoms. The van der Waals surface area contributed by atoms with Crippen molar-refractivity contribution in [2.45, 2.75) is 50.7 Å². The van der Waals surface area contributed by atoms with Crippen LogP contribution in [-0.2, 0) is 29.5 Å². The van der Waals surface area contributed by atoms with E-state index in [2.05, 4.69) is 5.10 Å². The van der Waals surface area contributed by atoms with E-state index in [-0.39, 0.29) is 23.1 Å². The summed E-state index contributed by atoms with van der Waals surface area (Å²) in [5, 5.41) is 4.24. The molecule has 0 N–H and O–H groups in total. The predicted octanol–water partition coefficient (Wildman–Crippen LogP) is 0.316. The van der Waals surface area contributed by atoms with E-state index >= 15 is 0 Å².